The van der Waals surface area contributed by atoms with Crippen LogP contribution in [0.1, 0.15) is 33.6 Å². The molecule has 1 atom stereocenters. The minimum absolute atomic E-state index is 0.00255. The zero-order valence-electron chi connectivity index (χ0n) is 12.2. The molecule has 112 valence electrons. The molecule has 20 heavy (non-hydrogen) atoms. The van der Waals surface area contributed by atoms with Gasteiger partial charge in [0, 0.05) is 29.7 Å². The van der Waals surface area contributed by atoms with Crippen molar-refractivity contribution in [3.05, 3.63) is 16.7 Å². The fraction of sp³-hybridized carbons (Fsp3) is 0.571. The molecule has 1 aromatic heterocycles. The molecule has 0 aliphatic carbocycles. The van der Waals surface area contributed by atoms with E-state index in [1.807, 2.05) is 19.9 Å². The van der Waals surface area contributed by atoms with Crippen LogP contribution in [0.4, 0.5) is 5.69 Å². The number of nitrogens with zero attached hydrogens (tertiary/aromatic N) is 2. The Bertz CT molecular complexity index is 454. The number of hydrogen-bond donors (Lipinski definition) is 1. The minimum atomic E-state index is -0.306. The van der Waals surface area contributed by atoms with Crippen molar-refractivity contribution in [1.82, 2.24) is 4.98 Å². The number of ether oxygens (including phenoxy) is 1. The number of pyridine rings is 1. The summed E-state index contributed by atoms with van der Waals surface area (Å²) in [6, 6.07) is 1.97. The van der Waals surface area contributed by atoms with Crippen LogP contribution in [0, 0.1) is 0 Å². The molecule has 0 radical (unpaired) electrons. The van der Waals surface area contributed by atoms with Crippen LogP contribution in [0.3, 0.4) is 0 Å². The van der Waals surface area contributed by atoms with E-state index in [0.29, 0.717) is 18.9 Å². The van der Waals surface area contributed by atoms with E-state index in [1.54, 1.807) is 6.20 Å². The SMILES string of the molecule is CCCN(c1cc(Br)cnc1OCC)C(C)CC(N)=O. The molecule has 0 saturated carbocycles. The number of amides is 1. The Morgan fingerprint density at radius 2 is 2.25 bits per heavy atom. The summed E-state index contributed by atoms with van der Waals surface area (Å²) in [4.78, 5) is 17.6. The van der Waals surface area contributed by atoms with Crippen molar-refractivity contribution < 1.29 is 9.53 Å². The summed E-state index contributed by atoms with van der Waals surface area (Å²) in [5, 5.41) is 0. The number of rotatable bonds is 8. The lowest BCUT2D eigenvalue weighted by Gasteiger charge is -2.31. The second kappa shape index (κ2) is 8.09. The van der Waals surface area contributed by atoms with Gasteiger partial charge >= 0.3 is 0 Å². The Balaban J connectivity index is 3.11. The molecule has 0 aliphatic heterocycles. The molecule has 1 amide bonds. The van der Waals surface area contributed by atoms with Crippen molar-refractivity contribution in [3.8, 4) is 5.88 Å². The fourth-order valence-corrected chi connectivity index (χ4v) is 2.41. The highest BCUT2D eigenvalue weighted by Crippen LogP contribution is 2.31. The second-order valence-electron chi connectivity index (χ2n) is 4.62. The number of nitrogens with two attached hydrogens (primary N) is 1. The van der Waals surface area contributed by atoms with Crippen LogP contribution in [0.15, 0.2) is 16.7 Å². The molecule has 1 rings (SSSR count). The maximum atomic E-state index is 11.2. The van der Waals surface area contributed by atoms with E-state index in [0.717, 1.165) is 23.1 Å². The van der Waals surface area contributed by atoms with Crippen molar-refractivity contribution >= 4 is 27.5 Å². The van der Waals surface area contributed by atoms with E-state index < -0.39 is 0 Å². The highest BCUT2D eigenvalue weighted by atomic mass is 79.9. The van der Waals surface area contributed by atoms with Gasteiger partial charge < -0.3 is 15.4 Å². The van der Waals surface area contributed by atoms with Gasteiger partial charge in [-0.2, -0.15) is 0 Å². The van der Waals surface area contributed by atoms with E-state index in [4.69, 9.17) is 10.5 Å². The zero-order valence-corrected chi connectivity index (χ0v) is 13.8. The number of aromatic nitrogens is 1. The number of carbonyl (C=O) groups is 1. The van der Waals surface area contributed by atoms with Crippen molar-refractivity contribution in [2.75, 3.05) is 18.1 Å². The molecule has 1 unspecified atom stereocenters. The summed E-state index contributed by atoms with van der Waals surface area (Å²) in [7, 11) is 0. The van der Waals surface area contributed by atoms with E-state index in [2.05, 4.69) is 32.7 Å². The van der Waals surface area contributed by atoms with Gasteiger partial charge in [0.2, 0.25) is 11.8 Å². The topological polar surface area (TPSA) is 68.5 Å². The molecule has 1 aromatic rings. The van der Waals surface area contributed by atoms with Gasteiger partial charge in [0.1, 0.15) is 5.69 Å². The molecule has 0 aromatic carbocycles. The lowest BCUT2D eigenvalue weighted by molar-refractivity contribution is -0.118. The molecule has 2 N–H and O–H groups in total. The molecule has 5 nitrogen and oxygen atoms in total. The predicted molar refractivity (Wildman–Crippen MR) is 84.0 cm³/mol. The van der Waals surface area contributed by atoms with Gasteiger partial charge in [-0.3, -0.25) is 4.79 Å². The number of anilines is 1. The molecule has 6 heteroatoms. The number of halogens is 1. The van der Waals surface area contributed by atoms with E-state index in [1.165, 1.54) is 0 Å². The third-order valence-corrected chi connectivity index (χ3v) is 3.32. The van der Waals surface area contributed by atoms with E-state index in [9.17, 15) is 4.79 Å². The largest absolute Gasteiger partial charge is 0.476 e. The molecule has 0 saturated heterocycles. The molecule has 0 spiro atoms. The van der Waals surface area contributed by atoms with Crippen molar-refractivity contribution in [2.24, 2.45) is 5.73 Å². The quantitative estimate of drug-likeness (QED) is 0.787. The fourth-order valence-electron chi connectivity index (χ4n) is 2.09. The van der Waals surface area contributed by atoms with Crippen LogP contribution in [-0.2, 0) is 4.79 Å². The van der Waals surface area contributed by atoms with Gasteiger partial charge in [0.15, 0.2) is 0 Å². The number of primary amides is 1. The zero-order chi connectivity index (χ0) is 15.1. The van der Waals surface area contributed by atoms with Crippen LogP contribution >= 0.6 is 15.9 Å². The van der Waals surface area contributed by atoms with Crippen LogP contribution in [0.5, 0.6) is 5.88 Å². The first-order valence-corrected chi connectivity index (χ1v) is 7.62. The van der Waals surface area contributed by atoms with Gasteiger partial charge in [-0.1, -0.05) is 6.92 Å². The second-order valence-corrected chi connectivity index (χ2v) is 5.54. The maximum Gasteiger partial charge on any atom is 0.237 e. The lowest BCUT2D eigenvalue weighted by Crippen LogP contribution is -2.37. The molecule has 0 bridgehead atoms. The van der Waals surface area contributed by atoms with E-state index in [-0.39, 0.29) is 11.9 Å². The first-order valence-electron chi connectivity index (χ1n) is 6.82. The maximum absolute atomic E-state index is 11.2. The highest BCUT2D eigenvalue weighted by Gasteiger charge is 2.20. The van der Waals surface area contributed by atoms with Gasteiger partial charge in [-0.15, -0.1) is 0 Å². The standard InChI is InChI=1S/C14H22BrN3O2/c1-4-6-18(10(3)7-13(16)19)12-8-11(15)9-17-14(12)20-5-2/h8-10H,4-7H2,1-3H3,(H2,16,19). The number of carbonyl (C=O) groups excluding carboxylic acids is 1. The van der Waals surface area contributed by atoms with E-state index >= 15 is 0 Å². The average Bonchev–Trinajstić information content (AvgIpc) is 2.37. The Morgan fingerprint density at radius 1 is 1.55 bits per heavy atom. The van der Waals surface area contributed by atoms with Gasteiger partial charge in [0.25, 0.3) is 0 Å². The van der Waals surface area contributed by atoms with Crippen LogP contribution in [0.25, 0.3) is 0 Å². The van der Waals surface area contributed by atoms with Crippen LogP contribution in [0.2, 0.25) is 0 Å². The summed E-state index contributed by atoms with van der Waals surface area (Å²) < 4.78 is 6.46. The summed E-state index contributed by atoms with van der Waals surface area (Å²) in [5.41, 5.74) is 6.20. The Labute approximate surface area is 128 Å². The Morgan fingerprint density at radius 3 is 2.80 bits per heavy atom. The van der Waals surface area contributed by atoms with Crippen LogP contribution < -0.4 is 15.4 Å². The molecule has 0 fully saturated rings. The smallest absolute Gasteiger partial charge is 0.237 e. The summed E-state index contributed by atoms with van der Waals surface area (Å²) in [6.07, 6.45) is 2.97. The molecular formula is C14H22BrN3O2. The third-order valence-electron chi connectivity index (χ3n) is 2.88. The van der Waals surface area contributed by atoms with Gasteiger partial charge in [-0.25, -0.2) is 4.98 Å². The van der Waals surface area contributed by atoms with Gasteiger partial charge in [-0.05, 0) is 42.3 Å². The Hall–Kier alpha value is -1.30. The normalized spacial score (nSPS) is 12.0. The molecule has 0 aliphatic rings. The highest BCUT2D eigenvalue weighted by molar-refractivity contribution is 9.10. The molecular weight excluding hydrogens is 322 g/mol. The first-order chi connectivity index (χ1) is 9.49. The molecule has 1 heterocycles. The summed E-state index contributed by atoms with van der Waals surface area (Å²) in [5.74, 6) is 0.278. The summed E-state index contributed by atoms with van der Waals surface area (Å²) in [6.45, 7) is 7.36. The minimum Gasteiger partial charge on any atom is -0.476 e. The van der Waals surface area contributed by atoms with Gasteiger partial charge in [0.05, 0.1) is 6.61 Å². The first kappa shape index (κ1) is 16.8. The lowest BCUT2D eigenvalue weighted by atomic mass is 10.1. The Kier molecular flexibility index (Phi) is 6.78. The van der Waals surface area contributed by atoms with Crippen molar-refractivity contribution in [3.63, 3.8) is 0 Å². The predicted octanol–water partition coefficient (Wildman–Crippen LogP) is 2.72. The van der Waals surface area contributed by atoms with Crippen molar-refractivity contribution in [2.45, 2.75) is 39.7 Å². The monoisotopic (exact) mass is 343 g/mol. The van der Waals surface area contributed by atoms with Crippen LogP contribution in [-0.4, -0.2) is 30.1 Å². The third kappa shape index (κ3) is 4.67. The average molecular weight is 344 g/mol. The number of hydrogen-bond acceptors (Lipinski definition) is 4. The summed E-state index contributed by atoms with van der Waals surface area (Å²) >= 11 is 3.43. The van der Waals surface area contributed by atoms with Crippen molar-refractivity contribution in [1.29, 1.82) is 0 Å².